The number of amides is 1. The first-order valence-electron chi connectivity index (χ1n) is 9.34. The highest BCUT2D eigenvalue weighted by molar-refractivity contribution is 8.26. The van der Waals surface area contributed by atoms with Gasteiger partial charge >= 0.3 is 5.97 Å². The fraction of sp³-hybridized carbons (Fsp3) is 0.286. The Morgan fingerprint density at radius 2 is 2.03 bits per heavy atom. The highest BCUT2D eigenvalue weighted by Gasteiger charge is 2.31. The number of aliphatic hydroxyl groups is 1. The molecule has 1 aromatic heterocycles. The molecule has 0 unspecified atom stereocenters. The van der Waals surface area contributed by atoms with Crippen molar-refractivity contribution in [3.05, 3.63) is 50.8 Å². The Morgan fingerprint density at radius 1 is 1.23 bits per heavy atom. The first-order valence-corrected chi connectivity index (χ1v) is 11.4. The number of aliphatic hydroxyl groups excluding tert-OH is 1. The van der Waals surface area contributed by atoms with E-state index < -0.39 is 11.8 Å². The molecule has 30 heavy (non-hydrogen) atoms. The Morgan fingerprint density at radius 3 is 2.77 bits per heavy atom. The van der Waals surface area contributed by atoms with Gasteiger partial charge in [0.05, 0.1) is 11.5 Å². The summed E-state index contributed by atoms with van der Waals surface area (Å²) in [5.74, 6) is -1.36. The number of halogens is 1. The minimum absolute atomic E-state index is 0.130. The van der Waals surface area contributed by atoms with Crippen molar-refractivity contribution in [2.75, 3.05) is 6.54 Å². The lowest BCUT2D eigenvalue weighted by Crippen LogP contribution is -2.29. The maximum atomic E-state index is 13.4. The molecule has 1 aliphatic heterocycles. The smallest absolute Gasteiger partial charge is 0.303 e. The fourth-order valence-electron chi connectivity index (χ4n) is 3.09. The van der Waals surface area contributed by atoms with Crippen molar-refractivity contribution in [3.63, 3.8) is 0 Å². The number of unbranched alkanes of at least 4 members (excludes halogenated alkanes) is 2. The molecule has 0 aliphatic carbocycles. The Kier molecular flexibility index (Phi) is 7.76. The number of carboxylic acids is 1. The molecule has 2 heterocycles. The topological polar surface area (TPSA) is 77.8 Å². The zero-order chi connectivity index (χ0) is 21.7. The summed E-state index contributed by atoms with van der Waals surface area (Å²) in [6.45, 7) is 0.218. The minimum Gasteiger partial charge on any atom is -0.481 e. The van der Waals surface area contributed by atoms with E-state index in [4.69, 9.17) is 17.3 Å². The molecule has 0 radical (unpaired) electrons. The number of hydrogen-bond acceptors (Lipinski definition) is 6. The van der Waals surface area contributed by atoms with Gasteiger partial charge in [0.15, 0.2) is 0 Å². The van der Waals surface area contributed by atoms with E-state index in [0.717, 1.165) is 22.4 Å². The van der Waals surface area contributed by atoms with Gasteiger partial charge in [-0.05, 0) is 59.2 Å². The molecule has 5 nitrogen and oxygen atoms in total. The van der Waals surface area contributed by atoms with E-state index in [2.05, 4.69) is 0 Å². The highest BCUT2D eigenvalue weighted by atomic mass is 32.2. The lowest BCUT2D eigenvalue weighted by molar-refractivity contribution is -0.137. The Hall–Kier alpha value is -2.07. The zero-order valence-electron chi connectivity index (χ0n) is 16.0. The van der Waals surface area contributed by atoms with E-state index in [-0.39, 0.29) is 18.9 Å². The van der Waals surface area contributed by atoms with E-state index in [1.165, 1.54) is 35.2 Å². The van der Waals surface area contributed by atoms with Crippen molar-refractivity contribution in [2.24, 2.45) is 0 Å². The molecule has 0 saturated carbocycles. The van der Waals surface area contributed by atoms with Gasteiger partial charge in [0.2, 0.25) is 0 Å². The third-order valence-corrected chi connectivity index (χ3v) is 6.85. The second kappa shape index (κ2) is 10.3. The molecule has 0 atom stereocenters. The van der Waals surface area contributed by atoms with Gasteiger partial charge in [0.1, 0.15) is 10.1 Å². The first-order chi connectivity index (χ1) is 14.4. The average molecular weight is 466 g/mol. The molecule has 158 valence electrons. The van der Waals surface area contributed by atoms with Crippen LogP contribution in [0.2, 0.25) is 0 Å². The molecule has 0 bridgehead atoms. The van der Waals surface area contributed by atoms with Gasteiger partial charge in [0, 0.05) is 17.8 Å². The predicted molar refractivity (Wildman–Crippen MR) is 122 cm³/mol. The standard InChI is InChI=1S/C21H20FNO4S3/c22-15-5-6-17(13(8-15)11-24)14-9-16(29-12-14)10-18-20(27)23(21(28)30-18)7-3-1-2-4-19(25)26/h5-6,8-10,12,24H,1-4,7,11H2,(H,25,26). The van der Waals surface area contributed by atoms with Crippen LogP contribution in [0.5, 0.6) is 0 Å². The van der Waals surface area contributed by atoms with Crippen molar-refractivity contribution in [1.29, 1.82) is 0 Å². The third kappa shape index (κ3) is 5.54. The lowest BCUT2D eigenvalue weighted by atomic mass is 10.0. The number of aliphatic carboxylic acids is 1. The van der Waals surface area contributed by atoms with Gasteiger partial charge in [-0.15, -0.1) is 11.3 Å². The van der Waals surface area contributed by atoms with Crippen LogP contribution in [-0.2, 0) is 16.2 Å². The number of rotatable bonds is 9. The number of thioether (sulfide) groups is 1. The second-order valence-corrected chi connectivity index (χ2v) is 9.35. The van der Waals surface area contributed by atoms with Gasteiger partial charge < -0.3 is 10.2 Å². The van der Waals surface area contributed by atoms with Crippen molar-refractivity contribution >= 4 is 57.6 Å². The summed E-state index contributed by atoms with van der Waals surface area (Å²) in [5, 5.41) is 20.1. The fourth-order valence-corrected chi connectivity index (χ4v) is 5.30. The Balaban J connectivity index is 1.67. The second-order valence-electron chi connectivity index (χ2n) is 6.74. The molecule has 1 aromatic carbocycles. The normalized spacial score (nSPS) is 15.4. The molecular formula is C21H20FNO4S3. The molecule has 1 fully saturated rings. The van der Waals surface area contributed by atoms with Gasteiger partial charge in [-0.3, -0.25) is 14.5 Å². The number of nitrogens with zero attached hydrogens (tertiary/aromatic N) is 1. The molecule has 2 aromatic rings. The van der Waals surface area contributed by atoms with Crippen LogP contribution < -0.4 is 0 Å². The summed E-state index contributed by atoms with van der Waals surface area (Å²) >= 11 is 8.03. The number of carbonyl (C=O) groups excluding carboxylic acids is 1. The molecule has 3 rings (SSSR count). The van der Waals surface area contributed by atoms with Gasteiger partial charge in [-0.2, -0.15) is 0 Å². The van der Waals surface area contributed by atoms with Crippen molar-refractivity contribution in [2.45, 2.75) is 32.3 Å². The maximum absolute atomic E-state index is 13.4. The third-order valence-electron chi connectivity index (χ3n) is 4.59. The molecular weight excluding hydrogens is 445 g/mol. The Bertz CT molecular complexity index is 1000. The number of carboxylic acid groups (broad SMARTS) is 1. The van der Waals surface area contributed by atoms with Gasteiger partial charge in [-0.1, -0.05) is 36.5 Å². The summed E-state index contributed by atoms with van der Waals surface area (Å²) in [4.78, 5) is 26.2. The van der Waals surface area contributed by atoms with E-state index >= 15 is 0 Å². The van der Waals surface area contributed by atoms with Crippen LogP contribution >= 0.6 is 35.3 Å². The van der Waals surface area contributed by atoms with Crippen LogP contribution in [-0.4, -0.2) is 37.9 Å². The van der Waals surface area contributed by atoms with Gasteiger partial charge in [0.25, 0.3) is 5.91 Å². The number of hydrogen-bond donors (Lipinski definition) is 2. The van der Waals surface area contributed by atoms with E-state index in [1.54, 1.807) is 17.0 Å². The predicted octanol–water partition coefficient (Wildman–Crippen LogP) is 4.89. The summed E-state index contributed by atoms with van der Waals surface area (Å²) in [6, 6.07) is 6.20. The molecule has 0 spiro atoms. The van der Waals surface area contributed by atoms with Crippen molar-refractivity contribution in [1.82, 2.24) is 4.90 Å². The average Bonchev–Trinajstić information content (AvgIpc) is 3.27. The van der Waals surface area contributed by atoms with Crippen LogP contribution in [0.15, 0.2) is 34.6 Å². The largest absolute Gasteiger partial charge is 0.481 e. The van der Waals surface area contributed by atoms with E-state index in [1.807, 2.05) is 11.4 Å². The quantitative estimate of drug-likeness (QED) is 0.312. The monoisotopic (exact) mass is 465 g/mol. The molecule has 2 N–H and O–H groups in total. The first kappa shape index (κ1) is 22.6. The van der Waals surface area contributed by atoms with Crippen LogP contribution in [0.25, 0.3) is 17.2 Å². The molecule has 9 heteroatoms. The van der Waals surface area contributed by atoms with Crippen molar-refractivity contribution in [3.8, 4) is 11.1 Å². The molecule has 1 amide bonds. The summed E-state index contributed by atoms with van der Waals surface area (Å²) in [7, 11) is 0. The molecule has 1 aliphatic rings. The number of carbonyl (C=O) groups is 2. The van der Waals surface area contributed by atoms with Crippen LogP contribution in [0.4, 0.5) is 4.39 Å². The summed E-state index contributed by atoms with van der Waals surface area (Å²) in [5.41, 5.74) is 2.11. The lowest BCUT2D eigenvalue weighted by Gasteiger charge is -2.13. The minimum atomic E-state index is -0.814. The summed E-state index contributed by atoms with van der Waals surface area (Å²) < 4.78 is 13.9. The van der Waals surface area contributed by atoms with E-state index in [0.29, 0.717) is 34.2 Å². The van der Waals surface area contributed by atoms with Crippen LogP contribution in [0.3, 0.4) is 0 Å². The van der Waals surface area contributed by atoms with Gasteiger partial charge in [-0.25, -0.2) is 4.39 Å². The van der Waals surface area contributed by atoms with Crippen LogP contribution in [0.1, 0.15) is 36.1 Å². The number of thiophene rings is 1. The number of thiocarbonyl (C=S) groups is 1. The maximum Gasteiger partial charge on any atom is 0.303 e. The highest BCUT2D eigenvalue weighted by Crippen LogP contribution is 2.35. The Labute approximate surface area is 187 Å². The van der Waals surface area contributed by atoms with Crippen LogP contribution in [0, 0.1) is 5.82 Å². The van der Waals surface area contributed by atoms with Crippen molar-refractivity contribution < 1.29 is 24.2 Å². The molecule has 1 saturated heterocycles. The summed E-state index contributed by atoms with van der Waals surface area (Å²) in [6.07, 6.45) is 3.93. The zero-order valence-corrected chi connectivity index (χ0v) is 18.4. The van der Waals surface area contributed by atoms with E-state index in [9.17, 15) is 19.1 Å². The number of benzene rings is 1. The SMILES string of the molecule is O=C(O)CCCCCN1C(=O)C(=Cc2cc(-c3ccc(F)cc3CO)cs2)SC1=S.